The molecule has 53 heavy (non-hydrogen) atoms. The second kappa shape index (κ2) is 12.9. The fraction of sp³-hybridized carbons (Fsp3) is 0. The molecule has 0 N–H and O–H groups in total. The highest BCUT2D eigenvalue weighted by molar-refractivity contribution is 6.09. The van der Waals surface area contributed by atoms with Crippen molar-refractivity contribution < 1.29 is 11.0 Å². The molecular formula is C49H32N4. The summed E-state index contributed by atoms with van der Waals surface area (Å²) in [6.45, 7) is 0. The van der Waals surface area contributed by atoms with Gasteiger partial charge in [-0.05, 0) is 69.4 Å². The molecule has 0 spiro atoms. The molecule has 0 saturated heterocycles. The number of hydrogen-bond donors (Lipinski definition) is 0. The first-order valence-corrected chi connectivity index (χ1v) is 17.2. The van der Waals surface area contributed by atoms with Crippen LogP contribution in [-0.4, -0.2) is 19.5 Å². The van der Waals surface area contributed by atoms with E-state index >= 15 is 0 Å². The first-order chi connectivity index (χ1) is 29.6. The Morgan fingerprint density at radius 1 is 0.358 bits per heavy atom. The van der Waals surface area contributed by atoms with Gasteiger partial charge < -0.3 is 4.57 Å². The molecule has 248 valence electrons. The number of aromatic nitrogens is 4. The van der Waals surface area contributed by atoms with Crippen LogP contribution in [0, 0.1) is 0 Å². The Balaban J connectivity index is 1.23. The molecule has 0 fully saturated rings. The second-order valence-electron chi connectivity index (χ2n) is 12.7. The quantitative estimate of drug-likeness (QED) is 0.175. The number of hydrogen-bond acceptors (Lipinski definition) is 3. The largest absolute Gasteiger partial charge is 0.309 e. The molecule has 0 radical (unpaired) electrons. The zero-order chi connectivity index (χ0) is 42.1. The normalized spacial score (nSPS) is 13.5. The molecule has 0 aliphatic heterocycles. The van der Waals surface area contributed by atoms with Crippen molar-refractivity contribution in [1.82, 2.24) is 19.5 Å². The van der Waals surface area contributed by atoms with E-state index in [0.29, 0.717) is 34.3 Å². The van der Waals surface area contributed by atoms with Gasteiger partial charge in [0, 0.05) is 33.2 Å². The zero-order valence-corrected chi connectivity index (χ0v) is 28.1. The molecule has 0 saturated carbocycles. The van der Waals surface area contributed by atoms with Gasteiger partial charge >= 0.3 is 0 Å². The molecule has 10 aromatic rings. The lowest BCUT2D eigenvalue weighted by Crippen LogP contribution is -2.02. The third kappa shape index (κ3) is 5.63. The third-order valence-corrected chi connectivity index (χ3v) is 9.47. The Hall–Kier alpha value is -7.17. The topological polar surface area (TPSA) is 43.6 Å². The lowest BCUT2D eigenvalue weighted by Gasteiger charge is -2.14. The number of nitrogens with zero attached hydrogens (tertiary/aromatic N) is 4. The van der Waals surface area contributed by atoms with Crippen molar-refractivity contribution in [2.75, 3.05) is 0 Å². The van der Waals surface area contributed by atoms with Gasteiger partial charge in [-0.25, -0.2) is 15.0 Å². The van der Waals surface area contributed by atoms with Gasteiger partial charge in [0.2, 0.25) is 0 Å². The summed E-state index contributed by atoms with van der Waals surface area (Å²) in [5.74, 6) is 1.19. The van der Waals surface area contributed by atoms with Crippen molar-refractivity contribution in [2.24, 2.45) is 0 Å². The van der Waals surface area contributed by atoms with Crippen LogP contribution in [0.3, 0.4) is 0 Å². The van der Waals surface area contributed by atoms with Crippen LogP contribution < -0.4 is 0 Å². The van der Waals surface area contributed by atoms with Gasteiger partial charge in [-0.3, -0.25) is 0 Å². The van der Waals surface area contributed by atoms with Crippen molar-refractivity contribution in [3.8, 4) is 62.1 Å². The van der Waals surface area contributed by atoms with E-state index in [1.807, 2.05) is 109 Å². The minimum absolute atomic E-state index is 0.000566. The SMILES string of the molecule is [2H]c1c([2H])c([2H])c2c(c1[2H])c1c([2H])c([2H])c([2H])c([2H])c1n2-c1cc(-c2ccccc2)cc(-c2nc(-c3ccccc3)nc(-c3ccc(-c4ccc5ccccc5c4)cc3)n2)c1. The maximum Gasteiger partial charge on any atom is 0.164 e. The molecule has 4 heteroatoms. The van der Waals surface area contributed by atoms with Crippen molar-refractivity contribution in [2.45, 2.75) is 0 Å². The lowest BCUT2D eigenvalue weighted by atomic mass is 10.00. The number of fused-ring (bicyclic) bond motifs is 4. The van der Waals surface area contributed by atoms with E-state index < -0.39 is 36.3 Å². The van der Waals surface area contributed by atoms with Gasteiger partial charge in [-0.1, -0.05) is 158 Å². The van der Waals surface area contributed by atoms with E-state index in [1.54, 1.807) is 6.07 Å². The fourth-order valence-corrected chi connectivity index (χ4v) is 6.88. The minimum atomic E-state index is -0.501. The highest BCUT2D eigenvalue weighted by Crippen LogP contribution is 2.36. The van der Waals surface area contributed by atoms with Crippen LogP contribution in [0.4, 0.5) is 0 Å². The summed E-state index contributed by atoms with van der Waals surface area (Å²) >= 11 is 0. The van der Waals surface area contributed by atoms with Crippen molar-refractivity contribution in [3.05, 3.63) is 194 Å². The molecule has 0 atom stereocenters. The van der Waals surface area contributed by atoms with E-state index in [9.17, 15) is 0 Å². The smallest absolute Gasteiger partial charge is 0.164 e. The average Bonchev–Trinajstić information content (AvgIpc) is 3.68. The summed E-state index contributed by atoms with van der Waals surface area (Å²) in [7, 11) is 0. The molecule has 0 amide bonds. The first kappa shape index (κ1) is 23.3. The van der Waals surface area contributed by atoms with Gasteiger partial charge in [0.25, 0.3) is 0 Å². The van der Waals surface area contributed by atoms with Crippen LogP contribution in [0.2, 0.25) is 0 Å². The molecule has 8 aromatic carbocycles. The van der Waals surface area contributed by atoms with E-state index in [1.165, 1.54) is 9.95 Å². The van der Waals surface area contributed by atoms with Gasteiger partial charge in [-0.2, -0.15) is 0 Å². The summed E-state index contributed by atoms with van der Waals surface area (Å²) < 4.78 is 72.0. The average molecular weight is 685 g/mol. The fourth-order valence-electron chi connectivity index (χ4n) is 6.88. The van der Waals surface area contributed by atoms with E-state index in [-0.39, 0.29) is 33.9 Å². The summed E-state index contributed by atoms with van der Waals surface area (Å²) in [5.41, 5.74) is 6.17. The van der Waals surface area contributed by atoms with Gasteiger partial charge in [0.05, 0.1) is 22.0 Å². The van der Waals surface area contributed by atoms with Gasteiger partial charge in [-0.15, -0.1) is 0 Å². The van der Waals surface area contributed by atoms with Crippen LogP contribution in [0.25, 0.3) is 94.7 Å². The summed E-state index contributed by atoms with van der Waals surface area (Å²) in [5, 5.41) is 2.32. The predicted molar refractivity (Wildman–Crippen MR) is 219 cm³/mol. The summed E-state index contributed by atoms with van der Waals surface area (Å²) in [6, 6.07) is 44.0. The molecule has 0 aliphatic rings. The molecular weight excluding hydrogens is 645 g/mol. The number of para-hydroxylation sites is 2. The Morgan fingerprint density at radius 3 is 1.49 bits per heavy atom. The maximum atomic E-state index is 9.12. The standard InChI is InChI=1S/C49H32N4/c1-3-13-33(14-4-1)40-30-41(32-42(31-40)53-45-21-11-9-19-43(45)44-20-10-12-22-46(44)53)49-51-47(36-16-5-2-6-17-36)50-48(52-49)37-26-23-35(24-27-37)39-28-25-34-15-7-8-18-38(34)29-39/h1-32H/i9D,10D,11D,12D,19D,20D,21D,22D. The summed E-state index contributed by atoms with van der Waals surface area (Å²) in [4.78, 5) is 15.0. The Kier molecular flexibility index (Phi) is 5.66. The molecule has 4 nitrogen and oxygen atoms in total. The van der Waals surface area contributed by atoms with Crippen LogP contribution in [0.15, 0.2) is 194 Å². The molecule has 0 bridgehead atoms. The number of benzene rings is 8. The number of rotatable bonds is 6. The molecule has 2 heterocycles. The van der Waals surface area contributed by atoms with Crippen LogP contribution >= 0.6 is 0 Å². The van der Waals surface area contributed by atoms with Gasteiger partial charge in [0.15, 0.2) is 17.5 Å². The molecule has 10 rings (SSSR count). The van der Waals surface area contributed by atoms with Gasteiger partial charge in [0.1, 0.15) is 0 Å². The molecule has 0 aliphatic carbocycles. The van der Waals surface area contributed by atoms with Crippen LogP contribution in [-0.2, 0) is 0 Å². The van der Waals surface area contributed by atoms with Crippen LogP contribution in [0.1, 0.15) is 11.0 Å². The van der Waals surface area contributed by atoms with E-state index in [4.69, 9.17) is 25.9 Å². The predicted octanol–water partition coefficient (Wildman–Crippen LogP) is 12.5. The Labute approximate surface area is 318 Å². The summed E-state index contributed by atoms with van der Waals surface area (Å²) in [6.07, 6.45) is 0. The first-order valence-electron chi connectivity index (χ1n) is 21.2. The highest BCUT2D eigenvalue weighted by Gasteiger charge is 2.17. The lowest BCUT2D eigenvalue weighted by molar-refractivity contribution is 1.07. The Bertz CT molecular complexity index is 3310. The monoisotopic (exact) mass is 684 g/mol. The molecule has 0 unspecified atom stereocenters. The van der Waals surface area contributed by atoms with Crippen molar-refractivity contribution in [3.63, 3.8) is 0 Å². The zero-order valence-electron chi connectivity index (χ0n) is 36.1. The maximum absolute atomic E-state index is 9.12. The van der Waals surface area contributed by atoms with Crippen molar-refractivity contribution >= 4 is 32.6 Å². The molecule has 2 aromatic heterocycles. The van der Waals surface area contributed by atoms with Crippen LogP contribution in [0.5, 0.6) is 0 Å². The third-order valence-electron chi connectivity index (χ3n) is 9.47. The second-order valence-corrected chi connectivity index (χ2v) is 12.7. The van der Waals surface area contributed by atoms with Crippen molar-refractivity contribution in [1.29, 1.82) is 0 Å². The van der Waals surface area contributed by atoms with E-state index in [2.05, 4.69) is 30.3 Å². The highest BCUT2D eigenvalue weighted by atomic mass is 15.0. The van der Waals surface area contributed by atoms with E-state index in [0.717, 1.165) is 33.2 Å². The minimum Gasteiger partial charge on any atom is -0.309 e. The Morgan fingerprint density at radius 2 is 0.830 bits per heavy atom.